The van der Waals surface area contributed by atoms with E-state index in [-0.39, 0.29) is 29.0 Å². The first-order valence-corrected chi connectivity index (χ1v) is 8.66. The summed E-state index contributed by atoms with van der Waals surface area (Å²) in [6.45, 7) is 1.56. The van der Waals surface area contributed by atoms with E-state index in [0.717, 1.165) is 6.07 Å². The molecule has 0 spiro atoms. The molecular formula is C18H18Cl2O6. The number of ketones is 1. The number of rotatable bonds is 0. The minimum Gasteiger partial charge on any atom is -0.507 e. The monoisotopic (exact) mass is 400 g/mol. The van der Waals surface area contributed by atoms with Crippen molar-refractivity contribution in [1.29, 1.82) is 0 Å². The van der Waals surface area contributed by atoms with Crippen LogP contribution in [0.3, 0.4) is 0 Å². The van der Waals surface area contributed by atoms with Gasteiger partial charge in [-0.1, -0.05) is 29.8 Å². The van der Waals surface area contributed by atoms with Crippen LogP contribution in [0.4, 0.5) is 0 Å². The molecule has 1 aromatic rings. The number of halogens is 2. The molecule has 0 aliphatic carbocycles. The van der Waals surface area contributed by atoms with E-state index in [1.807, 2.05) is 0 Å². The lowest BCUT2D eigenvalue weighted by Gasteiger charge is -2.20. The Morgan fingerprint density at radius 3 is 2.58 bits per heavy atom. The fraction of sp³-hybridized carbons (Fsp3) is 0.333. The summed E-state index contributed by atoms with van der Waals surface area (Å²) < 4.78 is 5.24. The number of carbonyl (C=O) groups excluding carboxylic acids is 2. The molecule has 0 fully saturated rings. The van der Waals surface area contributed by atoms with Crippen LogP contribution < -0.4 is 0 Å². The van der Waals surface area contributed by atoms with E-state index in [0.29, 0.717) is 0 Å². The Morgan fingerprint density at radius 1 is 1.19 bits per heavy atom. The van der Waals surface area contributed by atoms with Gasteiger partial charge in [0.2, 0.25) is 0 Å². The van der Waals surface area contributed by atoms with Gasteiger partial charge >= 0.3 is 5.97 Å². The summed E-state index contributed by atoms with van der Waals surface area (Å²) in [6, 6.07) is 0.906. The Bertz CT molecular complexity index is 771. The molecule has 0 aromatic heterocycles. The Morgan fingerprint density at radius 2 is 1.88 bits per heavy atom. The van der Waals surface area contributed by atoms with E-state index in [1.54, 1.807) is 6.92 Å². The second-order valence-electron chi connectivity index (χ2n) is 5.93. The summed E-state index contributed by atoms with van der Waals surface area (Å²) in [6.07, 6.45) is 3.73. The standard InChI is InChI=1S/C18H18Cl2O6/c1-9-6-13(22)12(19)5-3-2-4-10(21)7-11-16(18(25)26-9)14(23)8-15(24)17(11)20/h2-5,8-9,12-13,22-24H,6-7H2,1H3/b4-2+,5-3-/t9-,12?,13-/m0/s1. The van der Waals surface area contributed by atoms with Crippen molar-refractivity contribution in [3.63, 3.8) is 0 Å². The number of hydrogen-bond donors (Lipinski definition) is 3. The Labute approximate surface area is 160 Å². The lowest BCUT2D eigenvalue weighted by molar-refractivity contribution is -0.114. The predicted octanol–water partition coefficient (Wildman–Crippen LogP) is 2.89. The molecule has 0 saturated heterocycles. The van der Waals surface area contributed by atoms with Crippen molar-refractivity contribution in [2.24, 2.45) is 0 Å². The maximum atomic E-state index is 12.5. The van der Waals surface area contributed by atoms with Gasteiger partial charge in [-0.25, -0.2) is 4.79 Å². The minimum absolute atomic E-state index is 0.0344. The van der Waals surface area contributed by atoms with E-state index in [1.165, 1.54) is 24.3 Å². The lowest BCUT2D eigenvalue weighted by atomic mass is 9.99. The highest BCUT2D eigenvalue weighted by Crippen LogP contribution is 2.37. The third-order valence-corrected chi connectivity index (χ3v) is 4.67. The SMILES string of the molecule is C[C@H]1C[C@H](O)C(Cl)/C=C\C=C\C(=O)Cc2c(Cl)c(O)cc(O)c2C(=O)O1. The Balaban J connectivity index is 2.51. The molecule has 6 nitrogen and oxygen atoms in total. The lowest BCUT2D eigenvalue weighted by Crippen LogP contribution is -2.27. The first-order chi connectivity index (χ1) is 12.2. The molecule has 1 aliphatic heterocycles. The average Bonchev–Trinajstić information content (AvgIpc) is 2.54. The maximum absolute atomic E-state index is 12.5. The quantitative estimate of drug-likeness (QED) is 0.456. The van der Waals surface area contributed by atoms with Gasteiger partial charge in [-0.15, -0.1) is 11.6 Å². The molecule has 0 saturated carbocycles. The Kier molecular flexibility index (Phi) is 6.69. The zero-order chi connectivity index (χ0) is 19.4. The number of aliphatic hydroxyl groups is 1. The van der Waals surface area contributed by atoms with Crippen LogP contribution in [0.5, 0.6) is 11.5 Å². The highest BCUT2D eigenvalue weighted by atomic mass is 35.5. The van der Waals surface area contributed by atoms with Crippen LogP contribution in [-0.2, 0) is 16.0 Å². The van der Waals surface area contributed by atoms with Crippen LogP contribution >= 0.6 is 23.2 Å². The van der Waals surface area contributed by atoms with Gasteiger partial charge in [0.15, 0.2) is 5.78 Å². The summed E-state index contributed by atoms with van der Waals surface area (Å²) in [7, 11) is 0. The fourth-order valence-electron chi connectivity index (χ4n) is 2.53. The summed E-state index contributed by atoms with van der Waals surface area (Å²) in [5.74, 6) is -2.36. The molecule has 1 unspecified atom stereocenters. The van der Waals surface area contributed by atoms with Gasteiger partial charge in [0, 0.05) is 24.5 Å². The summed E-state index contributed by atoms with van der Waals surface area (Å²) in [4.78, 5) is 24.6. The van der Waals surface area contributed by atoms with Crippen molar-refractivity contribution < 1.29 is 29.6 Å². The van der Waals surface area contributed by atoms with E-state index in [2.05, 4.69) is 0 Å². The number of phenolic OH excluding ortho intramolecular Hbond substituents is 2. The molecule has 3 atom stereocenters. The molecule has 8 heteroatoms. The second-order valence-corrected chi connectivity index (χ2v) is 6.81. The van der Waals surface area contributed by atoms with Gasteiger partial charge in [-0.3, -0.25) is 4.79 Å². The number of cyclic esters (lactones) is 1. The summed E-state index contributed by atoms with van der Waals surface area (Å²) in [5.41, 5.74) is -0.335. The van der Waals surface area contributed by atoms with Crippen LogP contribution in [0.2, 0.25) is 5.02 Å². The maximum Gasteiger partial charge on any atom is 0.342 e. The molecule has 3 N–H and O–H groups in total. The van der Waals surface area contributed by atoms with Crippen LogP contribution in [0.25, 0.3) is 0 Å². The number of benzene rings is 1. The number of carbonyl (C=O) groups is 2. The molecule has 2 rings (SSSR count). The largest absolute Gasteiger partial charge is 0.507 e. The number of aliphatic hydroxyl groups excluding tert-OH is 1. The topological polar surface area (TPSA) is 104 Å². The molecular weight excluding hydrogens is 383 g/mol. The van der Waals surface area contributed by atoms with Gasteiger partial charge in [0.1, 0.15) is 23.2 Å². The van der Waals surface area contributed by atoms with Crippen LogP contribution in [0, 0.1) is 0 Å². The van der Waals surface area contributed by atoms with Crippen molar-refractivity contribution in [2.75, 3.05) is 0 Å². The minimum atomic E-state index is -0.987. The van der Waals surface area contributed by atoms with Gasteiger partial charge in [0.25, 0.3) is 0 Å². The van der Waals surface area contributed by atoms with Gasteiger partial charge in [-0.2, -0.15) is 0 Å². The normalized spacial score (nSPS) is 27.2. The zero-order valence-electron chi connectivity index (χ0n) is 13.9. The highest BCUT2D eigenvalue weighted by Gasteiger charge is 2.27. The number of esters is 1. The zero-order valence-corrected chi connectivity index (χ0v) is 15.4. The first-order valence-electron chi connectivity index (χ1n) is 7.84. The Hall–Kier alpha value is -2.02. The van der Waals surface area contributed by atoms with Gasteiger partial charge in [0.05, 0.1) is 16.5 Å². The third kappa shape index (κ3) is 4.78. The van der Waals surface area contributed by atoms with Crippen molar-refractivity contribution in [1.82, 2.24) is 0 Å². The number of allylic oxidation sites excluding steroid dienone is 3. The third-order valence-electron chi connectivity index (χ3n) is 3.81. The van der Waals surface area contributed by atoms with Crippen LogP contribution in [-0.4, -0.2) is 44.7 Å². The van der Waals surface area contributed by atoms with Gasteiger partial charge < -0.3 is 20.1 Å². The molecule has 26 heavy (non-hydrogen) atoms. The highest BCUT2D eigenvalue weighted by molar-refractivity contribution is 6.33. The molecule has 0 radical (unpaired) electrons. The molecule has 140 valence electrons. The molecule has 1 aliphatic rings. The van der Waals surface area contributed by atoms with E-state index in [9.17, 15) is 24.9 Å². The van der Waals surface area contributed by atoms with Crippen LogP contribution in [0.1, 0.15) is 29.3 Å². The number of hydrogen-bond acceptors (Lipinski definition) is 6. The van der Waals surface area contributed by atoms with Crippen LogP contribution in [0.15, 0.2) is 30.4 Å². The molecule has 1 heterocycles. The smallest absolute Gasteiger partial charge is 0.342 e. The van der Waals surface area contributed by atoms with Crippen molar-refractivity contribution in [3.05, 3.63) is 46.5 Å². The van der Waals surface area contributed by atoms with Crippen molar-refractivity contribution >= 4 is 35.0 Å². The summed E-state index contributed by atoms with van der Waals surface area (Å²) in [5, 5.41) is 29.0. The number of fused-ring (bicyclic) bond motifs is 1. The summed E-state index contributed by atoms with van der Waals surface area (Å²) >= 11 is 12.1. The molecule has 0 amide bonds. The number of ether oxygens (including phenoxy) is 1. The molecule has 0 bridgehead atoms. The number of aromatic hydroxyl groups is 2. The van der Waals surface area contributed by atoms with E-state index >= 15 is 0 Å². The van der Waals surface area contributed by atoms with Crippen molar-refractivity contribution in [3.8, 4) is 11.5 Å². The predicted molar refractivity (Wildman–Crippen MR) is 96.9 cm³/mol. The number of alkyl halides is 1. The first kappa shape index (κ1) is 20.3. The van der Waals surface area contributed by atoms with Crippen molar-refractivity contribution in [2.45, 2.75) is 37.4 Å². The second kappa shape index (κ2) is 8.58. The number of phenols is 2. The van der Waals surface area contributed by atoms with E-state index in [4.69, 9.17) is 27.9 Å². The average molecular weight is 401 g/mol. The van der Waals surface area contributed by atoms with E-state index < -0.39 is 40.8 Å². The molecule has 1 aromatic carbocycles. The fourth-order valence-corrected chi connectivity index (χ4v) is 2.93. The van der Waals surface area contributed by atoms with Gasteiger partial charge in [-0.05, 0) is 13.0 Å².